The van der Waals surface area contributed by atoms with E-state index in [0.29, 0.717) is 12.5 Å². The average Bonchev–Trinajstić information content (AvgIpc) is 3.16. The zero-order valence-corrected chi connectivity index (χ0v) is 13.8. The minimum absolute atomic E-state index is 0. The van der Waals surface area contributed by atoms with Gasteiger partial charge in [0.1, 0.15) is 6.10 Å². The lowest BCUT2D eigenvalue weighted by molar-refractivity contribution is -0.141. The van der Waals surface area contributed by atoms with E-state index in [1.165, 1.54) is 11.1 Å². The molecule has 0 aliphatic carbocycles. The molecule has 3 atom stereocenters. The highest BCUT2D eigenvalue weighted by molar-refractivity contribution is 5.85. The molecule has 2 fully saturated rings. The van der Waals surface area contributed by atoms with Gasteiger partial charge in [-0.1, -0.05) is 24.3 Å². The van der Waals surface area contributed by atoms with Crippen LogP contribution < -0.4 is 5.73 Å². The van der Waals surface area contributed by atoms with E-state index in [4.69, 9.17) is 10.5 Å². The molecule has 5 heteroatoms. The number of hydrogen-bond acceptors (Lipinski definition) is 3. The highest BCUT2D eigenvalue weighted by Crippen LogP contribution is 2.31. The van der Waals surface area contributed by atoms with Crippen LogP contribution in [0.2, 0.25) is 0 Å². The highest BCUT2D eigenvalue weighted by Gasteiger charge is 2.36. The minimum atomic E-state index is -0.269. The standard InChI is InChI=1S/C17H24N2O2.ClH/c1-12-4-2-3-5-15(12)13-8-9-19(11-13)17(20)16-7-6-14(10-18)21-16;/h2-5,13-14,16H,6-11,18H2,1H3;1H/t13?,14-,16+;/m1./s1. The molecule has 0 saturated carbocycles. The first-order chi connectivity index (χ1) is 10.2. The number of nitrogens with two attached hydrogens (primary N) is 1. The molecule has 1 aromatic rings. The Kier molecular flexibility index (Phi) is 5.84. The molecule has 1 unspecified atom stereocenters. The number of hydrogen-bond donors (Lipinski definition) is 1. The maximum absolute atomic E-state index is 12.5. The molecule has 2 saturated heterocycles. The van der Waals surface area contributed by atoms with E-state index < -0.39 is 0 Å². The second kappa shape index (κ2) is 7.44. The summed E-state index contributed by atoms with van der Waals surface area (Å²) < 4.78 is 5.73. The van der Waals surface area contributed by atoms with Crippen molar-refractivity contribution in [2.45, 2.75) is 44.3 Å². The van der Waals surface area contributed by atoms with Crippen LogP contribution in [-0.4, -0.2) is 42.6 Å². The highest BCUT2D eigenvalue weighted by atomic mass is 35.5. The van der Waals surface area contributed by atoms with Crippen LogP contribution in [0.5, 0.6) is 0 Å². The predicted molar refractivity (Wildman–Crippen MR) is 89.3 cm³/mol. The number of aryl methyl sites for hydroxylation is 1. The van der Waals surface area contributed by atoms with Crippen LogP contribution in [0.25, 0.3) is 0 Å². The Morgan fingerprint density at radius 3 is 2.77 bits per heavy atom. The van der Waals surface area contributed by atoms with Crippen LogP contribution in [0, 0.1) is 6.92 Å². The first-order valence-electron chi connectivity index (χ1n) is 7.89. The minimum Gasteiger partial charge on any atom is -0.364 e. The van der Waals surface area contributed by atoms with Gasteiger partial charge in [-0.05, 0) is 37.3 Å². The van der Waals surface area contributed by atoms with Gasteiger partial charge in [0.25, 0.3) is 5.91 Å². The molecular weight excluding hydrogens is 300 g/mol. The molecule has 0 radical (unpaired) electrons. The van der Waals surface area contributed by atoms with Gasteiger partial charge in [0.05, 0.1) is 6.10 Å². The summed E-state index contributed by atoms with van der Waals surface area (Å²) in [6.07, 6.45) is 2.56. The second-order valence-corrected chi connectivity index (χ2v) is 6.19. The number of benzene rings is 1. The van der Waals surface area contributed by atoms with Gasteiger partial charge in [-0.2, -0.15) is 0 Å². The van der Waals surface area contributed by atoms with Gasteiger partial charge >= 0.3 is 0 Å². The van der Waals surface area contributed by atoms with Gasteiger partial charge in [0.2, 0.25) is 0 Å². The maximum atomic E-state index is 12.5. The Hall–Kier alpha value is -1.10. The van der Waals surface area contributed by atoms with Crippen LogP contribution in [0.3, 0.4) is 0 Å². The predicted octanol–water partition coefficient (Wildman–Crippen LogP) is 2.24. The van der Waals surface area contributed by atoms with Crippen molar-refractivity contribution in [2.24, 2.45) is 5.73 Å². The summed E-state index contributed by atoms with van der Waals surface area (Å²) in [6, 6.07) is 8.48. The maximum Gasteiger partial charge on any atom is 0.251 e. The van der Waals surface area contributed by atoms with E-state index in [1.54, 1.807) is 0 Å². The van der Waals surface area contributed by atoms with Crippen LogP contribution in [0.15, 0.2) is 24.3 Å². The Morgan fingerprint density at radius 1 is 1.32 bits per heavy atom. The number of halogens is 1. The van der Waals surface area contributed by atoms with Crippen molar-refractivity contribution in [3.05, 3.63) is 35.4 Å². The van der Waals surface area contributed by atoms with Crippen LogP contribution in [-0.2, 0) is 9.53 Å². The van der Waals surface area contributed by atoms with E-state index in [0.717, 1.165) is 32.4 Å². The average molecular weight is 325 g/mol. The van der Waals surface area contributed by atoms with E-state index in [1.807, 2.05) is 4.90 Å². The topological polar surface area (TPSA) is 55.6 Å². The number of carbonyl (C=O) groups excluding carboxylic acids is 1. The summed E-state index contributed by atoms with van der Waals surface area (Å²) >= 11 is 0. The summed E-state index contributed by atoms with van der Waals surface area (Å²) in [7, 11) is 0. The molecule has 1 aromatic carbocycles. The quantitative estimate of drug-likeness (QED) is 0.927. The van der Waals surface area contributed by atoms with Gasteiger partial charge in [-0.3, -0.25) is 4.79 Å². The van der Waals surface area contributed by atoms with Gasteiger partial charge in [0.15, 0.2) is 0 Å². The lowest BCUT2D eigenvalue weighted by Crippen LogP contribution is -2.38. The molecule has 0 bridgehead atoms. The molecule has 2 aliphatic heterocycles. The van der Waals surface area contributed by atoms with Gasteiger partial charge in [-0.15, -0.1) is 12.4 Å². The zero-order chi connectivity index (χ0) is 14.8. The first kappa shape index (κ1) is 17.3. The van der Waals surface area contributed by atoms with Crippen LogP contribution in [0.4, 0.5) is 0 Å². The first-order valence-corrected chi connectivity index (χ1v) is 7.89. The Morgan fingerprint density at radius 2 is 2.09 bits per heavy atom. The van der Waals surface area contributed by atoms with Gasteiger partial charge < -0.3 is 15.4 Å². The largest absolute Gasteiger partial charge is 0.364 e. The monoisotopic (exact) mass is 324 g/mol. The lowest BCUT2D eigenvalue weighted by Gasteiger charge is -2.21. The van der Waals surface area contributed by atoms with E-state index in [-0.39, 0.29) is 30.5 Å². The summed E-state index contributed by atoms with van der Waals surface area (Å²) in [4.78, 5) is 14.5. The fraction of sp³-hybridized carbons (Fsp3) is 0.588. The fourth-order valence-electron chi connectivity index (χ4n) is 3.52. The summed E-state index contributed by atoms with van der Waals surface area (Å²) in [5.74, 6) is 0.615. The lowest BCUT2D eigenvalue weighted by atomic mass is 9.94. The molecule has 4 nitrogen and oxygen atoms in total. The summed E-state index contributed by atoms with van der Waals surface area (Å²) in [6.45, 7) is 4.31. The molecule has 0 spiro atoms. The molecule has 2 aliphatic rings. The van der Waals surface area contributed by atoms with Crippen LogP contribution >= 0.6 is 12.4 Å². The Labute approximate surface area is 138 Å². The third-order valence-corrected chi connectivity index (χ3v) is 4.77. The molecule has 1 amide bonds. The van der Waals surface area contributed by atoms with Crippen molar-refractivity contribution in [1.29, 1.82) is 0 Å². The Bertz CT molecular complexity index is 523. The molecule has 3 rings (SSSR count). The van der Waals surface area contributed by atoms with Crippen molar-refractivity contribution in [2.75, 3.05) is 19.6 Å². The smallest absolute Gasteiger partial charge is 0.251 e. The molecule has 2 N–H and O–H groups in total. The SMILES string of the molecule is Cc1ccccc1C1CCN(C(=O)[C@@H]2CC[C@H](CN)O2)C1.Cl. The number of rotatable bonds is 3. The third-order valence-electron chi connectivity index (χ3n) is 4.77. The number of amides is 1. The molecule has 0 aromatic heterocycles. The van der Waals surface area contributed by atoms with Gasteiger partial charge in [0, 0.05) is 25.6 Å². The fourth-order valence-corrected chi connectivity index (χ4v) is 3.52. The zero-order valence-electron chi connectivity index (χ0n) is 13.0. The molecule has 122 valence electrons. The summed E-state index contributed by atoms with van der Waals surface area (Å²) in [5.41, 5.74) is 8.31. The van der Waals surface area contributed by atoms with Crippen molar-refractivity contribution in [3.8, 4) is 0 Å². The molecule has 2 heterocycles. The molecular formula is C17H25ClN2O2. The second-order valence-electron chi connectivity index (χ2n) is 6.19. The number of ether oxygens (including phenoxy) is 1. The third kappa shape index (κ3) is 3.45. The van der Waals surface area contributed by atoms with Crippen molar-refractivity contribution in [1.82, 2.24) is 4.90 Å². The number of carbonyl (C=O) groups is 1. The van der Waals surface area contributed by atoms with Gasteiger partial charge in [-0.25, -0.2) is 0 Å². The van der Waals surface area contributed by atoms with E-state index >= 15 is 0 Å². The summed E-state index contributed by atoms with van der Waals surface area (Å²) in [5, 5.41) is 0. The van der Waals surface area contributed by atoms with E-state index in [2.05, 4.69) is 31.2 Å². The van der Waals surface area contributed by atoms with Crippen molar-refractivity contribution in [3.63, 3.8) is 0 Å². The Balaban J connectivity index is 0.00000176. The molecule has 22 heavy (non-hydrogen) atoms. The number of nitrogens with zero attached hydrogens (tertiary/aromatic N) is 1. The van der Waals surface area contributed by atoms with Crippen molar-refractivity contribution >= 4 is 18.3 Å². The van der Waals surface area contributed by atoms with E-state index in [9.17, 15) is 4.79 Å². The number of likely N-dealkylation sites (tertiary alicyclic amines) is 1. The normalized spacial score (nSPS) is 27.7. The van der Waals surface area contributed by atoms with Crippen molar-refractivity contribution < 1.29 is 9.53 Å². The van der Waals surface area contributed by atoms with Crippen LogP contribution in [0.1, 0.15) is 36.3 Å².